The summed E-state index contributed by atoms with van der Waals surface area (Å²) in [6, 6.07) is 5.58. The van der Waals surface area contributed by atoms with Gasteiger partial charge >= 0.3 is 0 Å². The van der Waals surface area contributed by atoms with E-state index in [-0.39, 0.29) is 0 Å². The first-order chi connectivity index (χ1) is 6.69. The molecule has 3 nitrogen and oxygen atoms in total. The Morgan fingerprint density at radius 2 is 1.50 bits per heavy atom. The zero-order valence-corrected chi connectivity index (χ0v) is 9.63. The second-order valence-electron chi connectivity index (χ2n) is 2.57. The van der Waals surface area contributed by atoms with E-state index in [0.29, 0.717) is 9.98 Å². The van der Waals surface area contributed by atoms with Crippen molar-refractivity contribution in [3.63, 3.8) is 0 Å². The maximum Gasteiger partial charge on any atom is 0.125 e. The zero-order valence-electron chi connectivity index (χ0n) is 8.00. The molecule has 1 aromatic heterocycles. The van der Waals surface area contributed by atoms with Gasteiger partial charge in [0.25, 0.3) is 0 Å². The van der Waals surface area contributed by atoms with Crippen LogP contribution in [-0.2, 0) is 0 Å². The Balaban J connectivity index is 3.01. The number of hydrogen-bond donors (Lipinski definition) is 2. The predicted octanol–water partition coefficient (Wildman–Crippen LogP) is 0.871. The van der Waals surface area contributed by atoms with Gasteiger partial charge in [-0.1, -0.05) is 30.5 Å². The molecule has 0 atom stereocenters. The lowest BCUT2D eigenvalue weighted by Crippen LogP contribution is -2.22. The smallest absolute Gasteiger partial charge is 0.125 e. The van der Waals surface area contributed by atoms with Crippen molar-refractivity contribution in [3.8, 4) is 0 Å². The van der Waals surface area contributed by atoms with Gasteiger partial charge in [0.15, 0.2) is 0 Å². The molecule has 1 aromatic rings. The third-order valence-electron chi connectivity index (χ3n) is 1.67. The van der Waals surface area contributed by atoms with Crippen molar-refractivity contribution in [2.75, 3.05) is 14.1 Å². The van der Waals surface area contributed by atoms with Crippen LogP contribution in [0.4, 0.5) is 0 Å². The normalized spacial score (nSPS) is 9.29. The lowest BCUT2D eigenvalue weighted by atomic mass is 10.3. The molecule has 0 aliphatic carbocycles. The Labute approximate surface area is 93.9 Å². The van der Waals surface area contributed by atoms with Crippen LogP contribution in [0, 0.1) is 0 Å². The minimum absolute atomic E-state index is 0.616. The van der Waals surface area contributed by atoms with Gasteiger partial charge in [-0.05, 0) is 12.1 Å². The Bertz CT molecular complexity index is 332. The van der Waals surface area contributed by atoms with Crippen LogP contribution in [-0.4, -0.2) is 29.1 Å². The molecule has 5 heteroatoms. The average Bonchev–Trinajstić information content (AvgIpc) is 2.27. The minimum atomic E-state index is 0.616. The summed E-state index contributed by atoms with van der Waals surface area (Å²) >= 11 is 10.1. The predicted molar refractivity (Wildman–Crippen MR) is 65.8 cm³/mol. The van der Waals surface area contributed by atoms with Gasteiger partial charge in [-0.25, -0.2) is 4.98 Å². The number of thiocarbonyl (C=S) groups is 2. The van der Waals surface area contributed by atoms with Gasteiger partial charge < -0.3 is 10.6 Å². The standard InChI is InChI=1S/C9H11N3S2/c1-10-8(13)6-4-3-5-7(12-6)9(14)11-2/h3-5H,1-2H3,(H,10,13)(H,11,14). The second-order valence-corrected chi connectivity index (χ2v) is 3.38. The van der Waals surface area contributed by atoms with E-state index < -0.39 is 0 Å². The van der Waals surface area contributed by atoms with Crippen LogP contribution < -0.4 is 10.6 Å². The van der Waals surface area contributed by atoms with E-state index in [0.717, 1.165) is 11.4 Å². The van der Waals surface area contributed by atoms with Gasteiger partial charge in [-0.2, -0.15) is 0 Å². The first kappa shape index (κ1) is 11.0. The molecule has 0 aromatic carbocycles. The van der Waals surface area contributed by atoms with Crippen LogP contribution in [0.2, 0.25) is 0 Å². The van der Waals surface area contributed by atoms with E-state index >= 15 is 0 Å². The van der Waals surface area contributed by atoms with Gasteiger partial charge in [0.2, 0.25) is 0 Å². The maximum atomic E-state index is 5.07. The molecule has 0 aliphatic heterocycles. The highest BCUT2D eigenvalue weighted by Crippen LogP contribution is 2.00. The molecule has 2 N–H and O–H groups in total. The van der Waals surface area contributed by atoms with Gasteiger partial charge in [0.05, 0.1) is 11.4 Å². The van der Waals surface area contributed by atoms with Crippen LogP contribution in [0.25, 0.3) is 0 Å². The Hall–Kier alpha value is -1.07. The molecule has 0 fully saturated rings. The average molecular weight is 225 g/mol. The van der Waals surface area contributed by atoms with Crippen molar-refractivity contribution in [2.45, 2.75) is 0 Å². The fraction of sp³-hybridized carbons (Fsp3) is 0.222. The van der Waals surface area contributed by atoms with Crippen LogP contribution in [0.5, 0.6) is 0 Å². The first-order valence-electron chi connectivity index (χ1n) is 4.10. The Morgan fingerprint density at radius 1 is 1.07 bits per heavy atom. The lowest BCUT2D eigenvalue weighted by molar-refractivity contribution is 1.14. The van der Waals surface area contributed by atoms with Crippen LogP contribution >= 0.6 is 24.4 Å². The third-order valence-corrected chi connectivity index (χ3v) is 2.50. The Morgan fingerprint density at radius 3 is 1.86 bits per heavy atom. The van der Waals surface area contributed by atoms with E-state index in [1.165, 1.54) is 0 Å². The van der Waals surface area contributed by atoms with E-state index in [1.54, 1.807) is 14.1 Å². The fourth-order valence-electron chi connectivity index (χ4n) is 0.944. The van der Waals surface area contributed by atoms with Crippen LogP contribution in [0.1, 0.15) is 11.4 Å². The molecule has 0 saturated heterocycles. The van der Waals surface area contributed by atoms with Crippen molar-refractivity contribution in [3.05, 3.63) is 29.6 Å². The molecule has 14 heavy (non-hydrogen) atoms. The van der Waals surface area contributed by atoms with Crippen LogP contribution in [0.15, 0.2) is 18.2 Å². The number of pyridine rings is 1. The van der Waals surface area contributed by atoms with E-state index in [2.05, 4.69) is 15.6 Å². The molecule has 0 spiro atoms. The fourth-order valence-corrected chi connectivity index (χ4v) is 1.17. The molecule has 74 valence electrons. The Kier molecular flexibility index (Phi) is 3.91. The molecule has 0 amide bonds. The summed E-state index contributed by atoms with van der Waals surface area (Å²) < 4.78 is 0. The molecule has 0 aliphatic rings. The van der Waals surface area contributed by atoms with Gasteiger partial charge in [0, 0.05) is 14.1 Å². The summed E-state index contributed by atoms with van der Waals surface area (Å²) in [7, 11) is 3.54. The molecule has 0 saturated carbocycles. The minimum Gasteiger partial charge on any atom is -0.378 e. The molecular weight excluding hydrogens is 214 g/mol. The monoisotopic (exact) mass is 225 g/mol. The molecule has 0 bridgehead atoms. The highest BCUT2D eigenvalue weighted by molar-refractivity contribution is 7.81. The quantitative estimate of drug-likeness (QED) is 0.731. The summed E-state index contributed by atoms with van der Waals surface area (Å²) in [5, 5.41) is 5.74. The maximum absolute atomic E-state index is 5.07. The van der Waals surface area contributed by atoms with E-state index in [1.807, 2.05) is 18.2 Å². The van der Waals surface area contributed by atoms with E-state index in [4.69, 9.17) is 24.4 Å². The van der Waals surface area contributed by atoms with Crippen molar-refractivity contribution in [1.82, 2.24) is 15.6 Å². The van der Waals surface area contributed by atoms with Gasteiger partial charge in [-0.15, -0.1) is 0 Å². The van der Waals surface area contributed by atoms with E-state index in [9.17, 15) is 0 Å². The number of nitrogens with zero attached hydrogens (tertiary/aromatic N) is 1. The second kappa shape index (κ2) is 4.97. The number of hydrogen-bond acceptors (Lipinski definition) is 3. The number of nitrogens with one attached hydrogen (secondary N) is 2. The molecule has 0 radical (unpaired) electrons. The SMILES string of the molecule is CNC(=S)c1cccc(C(=S)NC)n1. The topological polar surface area (TPSA) is 37.0 Å². The highest BCUT2D eigenvalue weighted by atomic mass is 32.1. The van der Waals surface area contributed by atoms with Gasteiger partial charge in [0.1, 0.15) is 9.98 Å². The number of aromatic nitrogens is 1. The van der Waals surface area contributed by atoms with Crippen molar-refractivity contribution in [2.24, 2.45) is 0 Å². The number of rotatable bonds is 2. The zero-order chi connectivity index (χ0) is 10.6. The molecule has 1 rings (SSSR count). The molecule has 1 heterocycles. The van der Waals surface area contributed by atoms with Crippen molar-refractivity contribution in [1.29, 1.82) is 0 Å². The molecular formula is C9H11N3S2. The summed E-state index contributed by atoms with van der Waals surface area (Å²) in [6.07, 6.45) is 0. The van der Waals surface area contributed by atoms with Crippen molar-refractivity contribution < 1.29 is 0 Å². The largest absolute Gasteiger partial charge is 0.378 e. The lowest BCUT2D eigenvalue weighted by Gasteiger charge is -2.05. The van der Waals surface area contributed by atoms with Crippen LogP contribution in [0.3, 0.4) is 0 Å². The summed E-state index contributed by atoms with van der Waals surface area (Å²) in [4.78, 5) is 5.54. The van der Waals surface area contributed by atoms with Crippen molar-refractivity contribution >= 4 is 34.4 Å². The summed E-state index contributed by atoms with van der Waals surface area (Å²) in [6.45, 7) is 0. The molecule has 0 unspecified atom stereocenters. The summed E-state index contributed by atoms with van der Waals surface area (Å²) in [5.41, 5.74) is 1.47. The summed E-state index contributed by atoms with van der Waals surface area (Å²) in [5.74, 6) is 0. The van der Waals surface area contributed by atoms with Gasteiger partial charge in [-0.3, -0.25) is 0 Å². The third kappa shape index (κ3) is 2.46. The first-order valence-corrected chi connectivity index (χ1v) is 4.92. The highest BCUT2D eigenvalue weighted by Gasteiger charge is 2.04.